The summed E-state index contributed by atoms with van der Waals surface area (Å²) in [7, 11) is 0. The average Bonchev–Trinajstić information content (AvgIpc) is 3.27. The molecule has 0 spiro atoms. The molecule has 0 bridgehead atoms. The van der Waals surface area contributed by atoms with Crippen molar-refractivity contribution in [3.05, 3.63) is 96.2 Å². The fourth-order valence-electron chi connectivity index (χ4n) is 5.77. The summed E-state index contributed by atoms with van der Waals surface area (Å²) in [4.78, 5) is 13.6. The van der Waals surface area contributed by atoms with Gasteiger partial charge >= 0.3 is 0 Å². The molecule has 2 fully saturated rings. The molecule has 5 rings (SSSR count). The zero-order chi connectivity index (χ0) is 43.7. The van der Waals surface area contributed by atoms with Gasteiger partial charge in [-0.15, -0.1) is 13.2 Å². The van der Waals surface area contributed by atoms with E-state index in [0.717, 1.165) is 0 Å². The first-order chi connectivity index (χ1) is 29.5. The predicted octanol–water partition coefficient (Wildman–Crippen LogP) is -0.640. The number of aliphatic hydroxyl groups excluding tert-OH is 8. The van der Waals surface area contributed by atoms with Gasteiger partial charge in [-0.05, 0) is 60.6 Å². The molecule has 0 aromatic carbocycles. The topological polar surface area (TPSA) is 256 Å². The summed E-state index contributed by atoms with van der Waals surface area (Å²) in [6, 6.07) is 11.6. The second-order valence-corrected chi connectivity index (χ2v) is 13.6. The second kappa shape index (κ2) is 23.5. The summed E-state index contributed by atoms with van der Waals surface area (Å²) in [5.41, 5.74) is 1.48. The van der Waals surface area contributed by atoms with Crippen LogP contribution in [0, 0.1) is 35.5 Å². The summed E-state index contributed by atoms with van der Waals surface area (Å²) in [5.74, 6) is 18.6. The maximum atomic E-state index is 10.4. The number of nitrogens with zero attached hydrogens (tertiary/aromatic N) is 3. The van der Waals surface area contributed by atoms with Crippen LogP contribution < -0.4 is 14.2 Å². The molecular weight excluding hydrogens is 794 g/mol. The maximum absolute atomic E-state index is 10.4. The first-order valence-corrected chi connectivity index (χ1v) is 19.4. The van der Waals surface area contributed by atoms with E-state index in [1.807, 2.05) is 0 Å². The molecule has 10 atom stereocenters. The quantitative estimate of drug-likeness (QED) is 0.0507. The molecule has 0 saturated carbocycles. The summed E-state index contributed by atoms with van der Waals surface area (Å²) < 4.78 is 33.9. The molecule has 2 aliphatic heterocycles. The third-order valence-corrected chi connectivity index (χ3v) is 9.08. The number of ether oxygens (including phenoxy) is 6. The van der Waals surface area contributed by atoms with E-state index in [4.69, 9.17) is 28.4 Å². The minimum absolute atomic E-state index is 0.0815. The number of aliphatic hydroxyl groups is 8. The molecule has 1 unspecified atom stereocenters. The van der Waals surface area contributed by atoms with Crippen molar-refractivity contribution in [1.82, 2.24) is 15.0 Å². The molecule has 5 heterocycles. The highest BCUT2D eigenvalue weighted by Gasteiger charge is 2.44. The zero-order valence-electron chi connectivity index (χ0n) is 33.1. The lowest BCUT2D eigenvalue weighted by atomic mass is 9.95. The maximum Gasteiger partial charge on any atom is 0.214 e. The Morgan fingerprint density at radius 3 is 1.95 bits per heavy atom. The van der Waals surface area contributed by atoms with Gasteiger partial charge in [0.25, 0.3) is 0 Å². The van der Waals surface area contributed by atoms with Crippen LogP contribution in [0.25, 0.3) is 0 Å². The first kappa shape index (κ1) is 46.6. The van der Waals surface area contributed by atoms with E-state index in [1.54, 1.807) is 54.6 Å². The van der Waals surface area contributed by atoms with Gasteiger partial charge in [-0.25, -0.2) is 15.0 Å². The van der Waals surface area contributed by atoms with Gasteiger partial charge in [0.2, 0.25) is 5.88 Å². The molecule has 17 heteroatoms. The van der Waals surface area contributed by atoms with Gasteiger partial charge in [-0.3, -0.25) is 0 Å². The minimum Gasteiger partial charge on any atom is -0.493 e. The Labute approximate surface area is 352 Å². The smallest absolute Gasteiger partial charge is 0.214 e. The van der Waals surface area contributed by atoms with Gasteiger partial charge in [0, 0.05) is 24.6 Å². The SMILES string of the molecule is C=CCCOc1cc(C#Cc2nc(C#Cc3cccc(OCCCOC4O[C@H](CO)[C@@H](O)[C@H](O)[C@H]4O)n3)ccc2OCCC=C)nc(C#C[C@@H]2O[C@H](CO)[C@H](O)[C@H](O)[C@H]2O)c1. The molecule has 2 aliphatic rings. The van der Waals surface area contributed by atoms with Crippen LogP contribution in [0.5, 0.6) is 17.4 Å². The monoisotopic (exact) mass is 843 g/mol. The number of pyridine rings is 3. The second-order valence-electron chi connectivity index (χ2n) is 13.6. The van der Waals surface area contributed by atoms with Crippen LogP contribution in [0.4, 0.5) is 0 Å². The largest absolute Gasteiger partial charge is 0.493 e. The van der Waals surface area contributed by atoms with Crippen molar-refractivity contribution in [2.45, 2.75) is 80.5 Å². The van der Waals surface area contributed by atoms with Crippen molar-refractivity contribution in [1.29, 1.82) is 0 Å². The third-order valence-electron chi connectivity index (χ3n) is 9.08. The van der Waals surface area contributed by atoms with Crippen LogP contribution in [0.3, 0.4) is 0 Å². The van der Waals surface area contributed by atoms with E-state index in [0.29, 0.717) is 61.2 Å². The minimum atomic E-state index is -1.58. The Bertz CT molecular complexity index is 2120. The molecule has 0 aliphatic carbocycles. The summed E-state index contributed by atoms with van der Waals surface area (Å²) >= 11 is 0. The van der Waals surface area contributed by atoms with Crippen molar-refractivity contribution in [2.24, 2.45) is 0 Å². The molecule has 0 amide bonds. The number of rotatable bonds is 16. The lowest BCUT2D eigenvalue weighted by Crippen LogP contribution is -2.59. The van der Waals surface area contributed by atoms with E-state index in [-0.39, 0.29) is 30.3 Å². The van der Waals surface area contributed by atoms with E-state index in [1.165, 1.54) is 0 Å². The van der Waals surface area contributed by atoms with Crippen molar-refractivity contribution in [3.8, 4) is 52.9 Å². The van der Waals surface area contributed by atoms with Crippen LogP contribution in [0.15, 0.2) is 67.8 Å². The Morgan fingerprint density at radius 1 is 0.607 bits per heavy atom. The molecule has 8 N–H and O–H groups in total. The average molecular weight is 844 g/mol. The summed E-state index contributed by atoms with van der Waals surface area (Å²) in [6.07, 6.45) is -8.86. The van der Waals surface area contributed by atoms with Crippen molar-refractivity contribution in [3.63, 3.8) is 0 Å². The van der Waals surface area contributed by atoms with Gasteiger partial charge < -0.3 is 69.3 Å². The van der Waals surface area contributed by atoms with Gasteiger partial charge in [-0.2, -0.15) is 0 Å². The van der Waals surface area contributed by atoms with Crippen molar-refractivity contribution in [2.75, 3.05) is 39.6 Å². The van der Waals surface area contributed by atoms with Crippen LogP contribution in [0.2, 0.25) is 0 Å². The fraction of sp³-hybridized carbons (Fsp3) is 0.432. The molecule has 61 heavy (non-hydrogen) atoms. The van der Waals surface area contributed by atoms with E-state index < -0.39 is 74.4 Å². The number of hydrogen-bond donors (Lipinski definition) is 8. The normalized spacial score (nSPS) is 25.6. The predicted molar refractivity (Wildman–Crippen MR) is 216 cm³/mol. The van der Waals surface area contributed by atoms with Gasteiger partial charge in [0.15, 0.2) is 17.7 Å². The fourth-order valence-corrected chi connectivity index (χ4v) is 5.77. The van der Waals surface area contributed by atoms with Gasteiger partial charge in [-0.1, -0.05) is 24.1 Å². The Kier molecular flexibility index (Phi) is 18.0. The molecular formula is C44H49N3O14. The van der Waals surface area contributed by atoms with Crippen LogP contribution in [-0.2, 0) is 14.2 Å². The first-order valence-electron chi connectivity index (χ1n) is 19.4. The highest BCUT2D eigenvalue weighted by atomic mass is 16.7. The van der Waals surface area contributed by atoms with E-state index in [2.05, 4.69) is 63.6 Å². The van der Waals surface area contributed by atoms with Gasteiger partial charge in [0.05, 0.1) is 39.6 Å². The molecule has 3 aromatic heterocycles. The molecule has 17 nitrogen and oxygen atoms in total. The molecule has 2 saturated heterocycles. The lowest BCUT2D eigenvalue weighted by molar-refractivity contribution is -0.301. The summed E-state index contributed by atoms with van der Waals surface area (Å²) in [5, 5.41) is 79.7. The Morgan fingerprint density at radius 2 is 1.25 bits per heavy atom. The highest BCUT2D eigenvalue weighted by Crippen LogP contribution is 2.24. The Balaban J connectivity index is 1.30. The molecule has 324 valence electrons. The van der Waals surface area contributed by atoms with E-state index >= 15 is 0 Å². The van der Waals surface area contributed by atoms with Crippen LogP contribution >= 0.6 is 0 Å². The van der Waals surface area contributed by atoms with E-state index in [9.17, 15) is 40.9 Å². The lowest BCUT2D eigenvalue weighted by Gasteiger charge is -2.39. The molecule has 3 aromatic rings. The van der Waals surface area contributed by atoms with Crippen LogP contribution in [0.1, 0.15) is 47.7 Å². The molecule has 0 radical (unpaired) electrons. The highest BCUT2D eigenvalue weighted by molar-refractivity contribution is 5.50. The van der Waals surface area contributed by atoms with Crippen LogP contribution in [-0.4, -0.2) is 157 Å². The third kappa shape index (κ3) is 13.3. The Hall–Kier alpha value is -5.43. The number of aromatic nitrogens is 3. The zero-order valence-corrected chi connectivity index (χ0v) is 33.1. The summed E-state index contributed by atoms with van der Waals surface area (Å²) in [6.45, 7) is 7.21. The van der Waals surface area contributed by atoms with Crippen molar-refractivity contribution < 1.29 is 69.3 Å². The number of hydrogen-bond acceptors (Lipinski definition) is 17. The van der Waals surface area contributed by atoms with Gasteiger partial charge in [0.1, 0.15) is 83.5 Å². The van der Waals surface area contributed by atoms with Crippen molar-refractivity contribution >= 4 is 0 Å². The standard InChI is InChI=1S/C44H49N3O14/c1-3-5-19-56-31-23-29(45-30(24-31)15-18-34-38(50)41(53)39(51)35(25-48)60-34)13-16-32-33(57-20-6-4-2)17-14-28(46-32)12-11-27-9-7-10-37(47-27)58-21-8-22-59-44-43(55)42(54)40(52)36(26-49)61-44/h3-4,7,9-10,14,17,23-24,34-36,38-44,48-55H,1-2,5-6,8,19-22,25-26H2/t34-,35+,36+,38-,39-,40+,41+,42-,43+,44?/m0/s1.